The van der Waals surface area contributed by atoms with Crippen LogP contribution in [-0.4, -0.2) is 19.1 Å². The van der Waals surface area contributed by atoms with Gasteiger partial charge in [0.1, 0.15) is 5.75 Å². The molecule has 0 spiro atoms. The SMILES string of the molecule is Cl.NC[C@H]1CCC[C@H]1C(=O)Nc1ccc2c(c1)CCO2. The molecule has 3 rings (SSSR count). The molecule has 20 heavy (non-hydrogen) atoms. The van der Waals surface area contributed by atoms with Crippen LogP contribution >= 0.6 is 12.4 Å². The van der Waals surface area contributed by atoms with E-state index < -0.39 is 0 Å². The molecule has 3 N–H and O–H groups in total. The molecule has 5 heteroatoms. The van der Waals surface area contributed by atoms with Gasteiger partial charge < -0.3 is 15.8 Å². The topological polar surface area (TPSA) is 64.4 Å². The van der Waals surface area contributed by atoms with E-state index in [1.807, 2.05) is 18.2 Å². The number of halogens is 1. The number of fused-ring (bicyclic) bond motifs is 1. The molecule has 1 aromatic rings. The van der Waals surface area contributed by atoms with Crippen LogP contribution in [0.25, 0.3) is 0 Å². The number of carbonyl (C=O) groups excluding carboxylic acids is 1. The number of nitrogens with one attached hydrogen (secondary N) is 1. The molecule has 110 valence electrons. The Bertz CT molecular complexity index is 493. The molecule has 1 aromatic carbocycles. The maximum absolute atomic E-state index is 12.3. The monoisotopic (exact) mass is 296 g/mol. The van der Waals surface area contributed by atoms with Crippen molar-refractivity contribution in [1.29, 1.82) is 0 Å². The summed E-state index contributed by atoms with van der Waals surface area (Å²) >= 11 is 0. The van der Waals surface area contributed by atoms with Gasteiger partial charge in [-0.15, -0.1) is 12.4 Å². The van der Waals surface area contributed by atoms with Gasteiger partial charge in [-0.1, -0.05) is 6.42 Å². The molecule has 0 unspecified atom stereocenters. The van der Waals surface area contributed by atoms with Gasteiger partial charge in [-0.3, -0.25) is 4.79 Å². The highest BCUT2D eigenvalue weighted by atomic mass is 35.5. The molecule has 0 radical (unpaired) electrons. The van der Waals surface area contributed by atoms with Gasteiger partial charge in [-0.2, -0.15) is 0 Å². The second-order valence-corrected chi connectivity index (χ2v) is 5.44. The lowest BCUT2D eigenvalue weighted by Gasteiger charge is -2.17. The van der Waals surface area contributed by atoms with E-state index in [2.05, 4.69) is 5.32 Å². The summed E-state index contributed by atoms with van der Waals surface area (Å²) in [5.74, 6) is 1.48. The fourth-order valence-electron chi connectivity index (χ4n) is 3.16. The average molecular weight is 297 g/mol. The molecule has 4 nitrogen and oxygen atoms in total. The molecule has 1 aliphatic carbocycles. The maximum Gasteiger partial charge on any atom is 0.227 e. The summed E-state index contributed by atoms with van der Waals surface area (Å²) < 4.78 is 5.46. The van der Waals surface area contributed by atoms with Crippen LogP contribution < -0.4 is 15.8 Å². The highest BCUT2D eigenvalue weighted by Gasteiger charge is 2.32. The van der Waals surface area contributed by atoms with E-state index in [0.29, 0.717) is 12.5 Å². The van der Waals surface area contributed by atoms with Crippen molar-refractivity contribution in [3.05, 3.63) is 23.8 Å². The third-order valence-corrected chi connectivity index (χ3v) is 4.26. The maximum atomic E-state index is 12.3. The van der Waals surface area contributed by atoms with E-state index in [-0.39, 0.29) is 24.2 Å². The number of benzene rings is 1. The van der Waals surface area contributed by atoms with Gasteiger partial charge in [0.05, 0.1) is 6.61 Å². The summed E-state index contributed by atoms with van der Waals surface area (Å²) in [5.41, 5.74) is 7.78. The van der Waals surface area contributed by atoms with E-state index in [4.69, 9.17) is 10.5 Å². The molecule has 1 aliphatic heterocycles. The predicted octanol–water partition coefficient (Wildman–Crippen LogP) is 2.36. The van der Waals surface area contributed by atoms with Crippen molar-refractivity contribution in [2.24, 2.45) is 17.6 Å². The van der Waals surface area contributed by atoms with Crippen LogP contribution in [0.5, 0.6) is 5.75 Å². The Morgan fingerprint density at radius 3 is 3.05 bits per heavy atom. The van der Waals surface area contributed by atoms with Gasteiger partial charge in [0.25, 0.3) is 0 Å². The predicted molar refractivity (Wildman–Crippen MR) is 81.4 cm³/mol. The van der Waals surface area contributed by atoms with Crippen LogP contribution in [0.2, 0.25) is 0 Å². The Hall–Kier alpha value is -1.26. The molecule has 1 fully saturated rings. The third-order valence-electron chi connectivity index (χ3n) is 4.26. The van der Waals surface area contributed by atoms with Crippen molar-refractivity contribution in [3.63, 3.8) is 0 Å². The molecular weight excluding hydrogens is 276 g/mol. The van der Waals surface area contributed by atoms with E-state index in [0.717, 1.165) is 43.7 Å². The van der Waals surface area contributed by atoms with Crippen molar-refractivity contribution in [2.75, 3.05) is 18.5 Å². The number of anilines is 1. The molecule has 0 bridgehead atoms. The number of ether oxygens (including phenoxy) is 1. The van der Waals surface area contributed by atoms with Crippen molar-refractivity contribution >= 4 is 24.0 Å². The number of carbonyl (C=O) groups is 1. The summed E-state index contributed by atoms with van der Waals surface area (Å²) in [6, 6.07) is 5.87. The third kappa shape index (κ3) is 2.91. The molecule has 1 saturated carbocycles. The minimum atomic E-state index is 0. The molecular formula is C15H21ClN2O2. The fraction of sp³-hybridized carbons (Fsp3) is 0.533. The zero-order valence-corrected chi connectivity index (χ0v) is 12.2. The lowest BCUT2D eigenvalue weighted by molar-refractivity contribution is -0.120. The first-order valence-corrected chi connectivity index (χ1v) is 7.04. The van der Waals surface area contributed by atoms with E-state index in [1.165, 1.54) is 5.56 Å². The summed E-state index contributed by atoms with van der Waals surface area (Å²) in [7, 11) is 0. The van der Waals surface area contributed by atoms with Crippen molar-refractivity contribution < 1.29 is 9.53 Å². The van der Waals surface area contributed by atoms with E-state index in [1.54, 1.807) is 0 Å². The summed E-state index contributed by atoms with van der Waals surface area (Å²) in [4.78, 5) is 12.3. The Balaban J connectivity index is 0.00000147. The van der Waals surface area contributed by atoms with Crippen molar-refractivity contribution in [1.82, 2.24) is 0 Å². The van der Waals surface area contributed by atoms with Gasteiger partial charge in [0, 0.05) is 18.0 Å². The van der Waals surface area contributed by atoms with Crippen LogP contribution in [0.3, 0.4) is 0 Å². The first-order valence-electron chi connectivity index (χ1n) is 7.04. The number of hydrogen-bond acceptors (Lipinski definition) is 3. The van der Waals surface area contributed by atoms with Gasteiger partial charge in [-0.05, 0) is 49.1 Å². The fourth-order valence-corrected chi connectivity index (χ4v) is 3.16. The minimum absolute atomic E-state index is 0. The van der Waals surface area contributed by atoms with Gasteiger partial charge >= 0.3 is 0 Å². The first-order chi connectivity index (χ1) is 9.28. The summed E-state index contributed by atoms with van der Waals surface area (Å²) in [5, 5.41) is 3.03. The Morgan fingerprint density at radius 2 is 2.25 bits per heavy atom. The smallest absolute Gasteiger partial charge is 0.227 e. The lowest BCUT2D eigenvalue weighted by Crippen LogP contribution is -2.29. The second kappa shape index (κ2) is 6.46. The van der Waals surface area contributed by atoms with Gasteiger partial charge in [0.15, 0.2) is 0 Å². The quantitative estimate of drug-likeness (QED) is 0.900. The number of nitrogens with two attached hydrogens (primary N) is 1. The minimum Gasteiger partial charge on any atom is -0.493 e. The van der Waals surface area contributed by atoms with Gasteiger partial charge in [-0.25, -0.2) is 0 Å². The molecule has 2 aliphatic rings. The van der Waals surface area contributed by atoms with Crippen LogP contribution in [-0.2, 0) is 11.2 Å². The average Bonchev–Trinajstić information content (AvgIpc) is 3.06. The number of amides is 1. The number of rotatable bonds is 3. The zero-order chi connectivity index (χ0) is 13.2. The van der Waals surface area contributed by atoms with Crippen LogP contribution in [0.15, 0.2) is 18.2 Å². The van der Waals surface area contributed by atoms with Gasteiger partial charge in [0.2, 0.25) is 5.91 Å². The molecule has 0 saturated heterocycles. The summed E-state index contributed by atoms with van der Waals surface area (Å²) in [6.07, 6.45) is 4.07. The van der Waals surface area contributed by atoms with E-state index in [9.17, 15) is 4.79 Å². The Kier molecular flexibility index (Phi) is 4.89. The highest BCUT2D eigenvalue weighted by molar-refractivity contribution is 5.93. The van der Waals surface area contributed by atoms with Crippen LogP contribution in [0.4, 0.5) is 5.69 Å². The molecule has 1 amide bonds. The van der Waals surface area contributed by atoms with Crippen molar-refractivity contribution in [3.8, 4) is 5.75 Å². The van der Waals surface area contributed by atoms with Crippen LogP contribution in [0.1, 0.15) is 24.8 Å². The molecule has 2 atom stereocenters. The number of hydrogen-bond donors (Lipinski definition) is 2. The normalized spacial score (nSPS) is 23.6. The molecule has 0 aromatic heterocycles. The Morgan fingerprint density at radius 1 is 1.40 bits per heavy atom. The summed E-state index contributed by atoms with van der Waals surface area (Å²) in [6.45, 7) is 1.35. The standard InChI is InChI=1S/C15H20N2O2.ClH/c16-9-11-2-1-3-13(11)15(18)17-12-4-5-14-10(8-12)6-7-19-14;/h4-5,8,11,13H,1-3,6-7,9,16H2,(H,17,18);1H/t11-,13-;/m1./s1. The van der Waals surface area contributed by atoms with E-state index >= 15 is 0 Å². The highest BCUT2D eigenvalue weighted by Crippen LogP contribution is 2.33. The lowest BCUT2D eigenvalue weighted by atomic mass is 9.95. The van der Waals surface area contributed by atoms with Crippen molar-refractivity contribution in [2.45, 2.75) is 25.7 Å². The largest absolute Gasteiger partial charge is 0.493 e. The molecule has 1 heterocycles. The zero-order valence-electron chi connectivity index (χ0n) is 11.4. The second-order valence-electron chi connectivity index (χ2n) is 5.44. The Labute approximate surface area is 125 Å². The van der Waals surface area contributed by atoms with Crippen LogP contribution in [0, 0.1) is 11.8 Å². The first kappa shape index (κ1) is 15.1.